The Kier molecular flexibility index (Phi) is 4.98. The lowest BCUT2D eigenvalue weighted by Gasteiger charge is -2.20. The summed E-state index contributed by atoms with van der Waals surface area (Å²) in [6, 6.07) is 0. The number of aromatic nitrogens is 1. The van der Waals surface area contributed by atoms with Gasteiger partial charge in [-0.15, -0.1) is 11.3 Å². The summed E-state index contributed by atoms with van der Waals surface area (Å²) in [5.41, 5.74) is 1.52. The van der Waals surface area contributed by atoms with Gasteiger partial charge in [0, 0.05) is 35.9 Å². The van der Waals surface area contributed by atoms with E-state index < -0.39 is 0 Å². The second kappa shape index (κ2) is 6.33. The minimum absolute atomic E-state index is 0.163. The molecular weight excluding hydrogens is 256 g/mol. The van der Waals surface area contributed by atoms with Crippen LogP contribution < -0.4 is 5.32 Å². The maximum atomic E-state index is 5.43. The highest BCUT2D eigenvalue weighted by atomic mass is 32.1. The van der Waals surface area contributed by atoms with Crippen molar-refractivity contribution in [3.05, 3.63) is 15.6 Å². The topological polar surface area (TPSA) is 34.1 Å². The van der Waals surface area contributed by atoms with Crippen molar-refractivity contribution < 1.29 is 4.74 Å². The summed E-state index contributed by atoms with van der Waals surface area (Å²) in [7, 11) is 0. The quantitative estimate of drug-likeness (QED) is 0.777. The summed E-state index contributed by atoms with van der Waals surface area (Å²) in [6.07, 6.45) is 3.59. The van der Waals surface area contributed by atoms with Crippen molar-refractivity contribution in [2.24, 2.45) is 0 Å². The van der Waals surface area contributed by atoms with Gasteiger partial charge in [0.2, 0.25) is 0 Å². The van der Waals surface area contributed by atoms with Crippen molar-refractivity contribution in [2.45, 2.75) is 65.0 Å². The lowest BCUT2D eigenvalue weighted by molar-refractivity contribution is 0.151. The maximum Gasteiger partial charge on any atom is 0.0954 e. The lowest BCUT2D eigenvalue weighted by atomic mass is 10.1. The molecule has 0 amide bonds. The van der Waals surface area contributed by atoms with Crippen molar-refractivity contribution >= 4 is 11.3 Å². The fourth-order valence-electron chi connectivity index (χ4n) is 1.97. The number of ether oxygens (including phenoxy) is 1. The van der Waals surface area contributed by atoms with E-state index in [4.69, 9.17) is 9.72 Å². The molecule has 0 aliphatic heterocycles. The highest BCUT2D eigenvalue weighted by Crippen LogP contribution is 2.42. The van der Waals surface area contributed by atoms with E-state index in [-0.39, 0.29) is 5.54 Å². The predicted octanol–water partition coefficient (Wildman–Crippen LogP) is 3.49. The number of rotatable bonds is 7. The molecule has 0 spiro atoms. The van der Waals surface area contributed by atoms with Crippen LogP contribution in [0.25, 0.3) is 0 Å². The van der Waals surface area contributed by atoms with Gasteiger partial charge in [0.15, 0.2) is 0 Å². The number of hydrogen-bond acceptors (Lipinski definition) is 4. The zero-order valence-corrected chi connectivity index (χ0v) is 13.4. The van der Waals surface area contributed by atoms with Crippen LogP contribution in [0, 0.1) is 0 Å². The third-order valence-corrected chi connectivity index (χ3v) is 4.31. The predicted molar refractivity (Wildman–Crippen MR) is 80.9 cm³/mol. The van der Waals surface area contributed by atoms with E-state index in [0.717, 1.165) is 32.1 Å². The van der Waals surface area contributed by atoms with Gasteiger partial charge in [0.05, 0.1) is 17.3 Å². The molecule has 1 N–H and O–H groups in total. The Bertz CT molecular complexity index is 405. The van der Waals surface area contributed by atoms with Crippen LogP contribution in [0.3, 0.4) is 0 Å². The van der Waals surface area contributed by atoms with Crippen molar-refractivity contribution in [1.29, 1.82) is 0 Å². The SMILES string of the molecule is CCOCCc1nc(C2CC2)c(CNC(C)(C)C)s1. The highest BCUT2D eigenvalue weighted by molar-refractivity contribution is 7.11. The first kappa shape index (κ1) is 14.9. The molecule has 0 aromatic carbocycles. The molecule has 0 atom stereocenters. The summed E-state index contributed by atoms with van der Waals surface area (Å²) >= 11 is 1.87. The van der Waals surface area contributed by atoms with Gasteiger partial charge in [0.25, 0.3) is 0 Å². The largest absolute Gasteiger partial charge is 0.381 e. The first-order chi connectivity index (χ1) is 8.99. The van der Waals surface area contributed by atoms with Crippen LogP contribution in [0.5, 0.6) is 0 Å². The van der Waals surface area contributed by atoms with E-state index in [0.29, 0.717) is 0 Å². The molecule has 1 aliphatic rings. The molecule has 1 fully saturated rings. The first-order valence-corrected chi connectivity index (χ1v) is 8.12. The molecule has 0 bridgehead atoms. The number of nitrogens with one attached hydrogen (secondary N) is 1. The summed E-state index contributed by atoms with van der Waals surface area (Å²) in [5, 5.41) is 4.82. The summed E-state index contributed by atoms with van der Waals surface area (Å²) in [6.45, 7) is 11.2. The molecule has 1 aromatic heterocycles. The van der Waals surface area contributed by atoms with Crippen LogP contribution in [0.4, 0.5) is 0 Å². The third kappa shape index (κ3) is 4.86. The first-order valence-electron chi connectivity index (χ1n) is 7.31. The minimum Gasteiger partial charge on any atom is -0.381 e. The third-order valence-electron chi connectivity index (χ3n) is 3.18. The zero-order valence-electron chi connectivity index (χ0n) is 12.6. The molecule has 0 radical (unpaired) electrons. The molecule has 0 unspecified atom stereocenters. The maximum absolute atomic E-state index is 5.43. The molecule has 4 heteroatoms. The summed E-state index contributed by atoms with van der Waals surface area (Å²) < 4.78 is 5.43. The van der Waals surface area contributed by atoms with Crippen LogP contribution >= 0.6 is 11.3 Å². The van der Waals surface area contributed by atoms with Crippen LogP contribution in [0.15, 0.2) is 0 Å². The fraction of sp³-hybridized carbons (Fsp3) is 0.800. The van der Waals surface area contributed by atoms with E-state index in [1.54, 1.807) is 0 Å². The van der Waals surface area contributed by atoms with E-state index in [1.807, 2.05) is 18.3 Å². The second-order valence-corrected chi connectivity index (χ2v) is 7.41. The van der Waals surface area contributed by atoms with Gasteiger partial charge < -0.3 is 10.1 Å². The van der Waals surface area contributed by atoms with Gasteiger partial charge in [-0.05, 0) is 40.5 Å². The molecule has 1 saturated carbocycles. The lowest BCUT2D eigenvalue weighted by Crippen LogP contribution is -2.35. The second-order valence-electron chi connectivity index (χ2n) is 6.24. The Balaban J connectivity index is 1.99. The van der Waals surface area contributed by atoms with E-state index >= 15 is 0 Å². The monoisotopic (exact) mass is 282 g/mol. The van der Waals surface area contributed by atoms with E-state index in [2.05, 4.69) is 26.1 Å². The standard InChI is InChI=1S/C15H26N2OS/c1-5-18-9-8-13-17-14(11-6-7-11)12(19-13)10-16-15(2,3)4/h11,16H,5-10H2,1-4H3. The van der Waals surface area contributed by atoms with E-state index in [9.17, 15) is 0 Å². The molecular formula is C15H26N2OS. The fourth-order valence-corrected chi connectivity index (χ4v) is 3.05. The Hall–Kier alpha value is -0.450. The van der Waals surface area contributed by atoms with Crippen LogP contribution in [0.1, 0.15) is 62.0 Å². The Morgan fingerprint density at radius 1 is 1.37 bits per heavy atom. The molecule has 3 nitrogen and oxygen atoms in total. The van der Waals surface area contributed by atoms with Gasteiger partial charge in [-0.1, -0.05) is 0 Å². The van der Waals surface area contributed by atoms with Crippen LogP contribution in [-0.2, 0) is 17.7 Å². The van der Waals surface area contributed by atoms with Gasteiger partial charge >= 0.3 is 0 Å². The number of hydrogen-bond donors (Lipinski definition) is 1. The van der Waals surface area contributed by atoms with Gasteiger partial charge in [-0.2, -0.15) is 0 Å². The van der Waals surface area contributed by atoms with Crippen LogP contribution in [-0.4, -0.2) is 23.7 Å². The highest BCUT2D eigenvalue weighted by Gasteiger charge is 2.29. The van der Waals surface area contributed by atoms with Gasteiger partial charge in [0.1, 0.15) is 0 Å². The van der Waals surface area contributed by atoms with Gasteiger partial charge in [-0.3, -0.25) is 0 Å². The Labute approximate surface area is 120 Å². The van der Waals surface area contributed by atoms with E-state index in [1.165, 1.54) is 28.4 Å². The smallest absolute Gasteiger partial charge is 0.0954 e. The van der Waals surface area contributed by atoms with Crippen molar-refractivity contribution in [3.8, 4) is 0 Å². The number of thiazole rings is 1. The molecule has 1 aromatic rings. The van der Waals surface area contributed by atoms with Crippen molar-refractivity contribution in [1.82, 2.24) is 10.3 Å². The molecule has 1 aliphatic carbocycles. The van der Waals surface area contributed by atoms with Gasteiger partial charge in [-0.25, -0.2) is 4.98 Å². The molecule has 108 valence electrons. The molecule has 19 heavy (non-hydrogen) atoms. The summed E-state index contributed by atoms with van der Waals surface area (Å²) in [5.74, 6) is 0.730. The van der Waals surface area contributed by atoms with Crippen LogP contribution in [0.2, 0.25) is 0 Å². The molecule has 0 saturated heterocycles. The van der Waals surface area contributed by atoms with Crippen molar-refractivity contribution in [2.75, 3.05) is 13.2 Å². The zero-order chi connectivity index (χ0) is 13.9. The van der Waals surface area contributed by atoms with Crippen molar-refractivity contribution in [3.63, 3.8) is 0 Å². The molecule has 2 rings (SSSR count). The summed E-state index contributed by atoms with van der Waals surface area (Å²) in [4.78, 5) is 6.28. The molecule has 1 heterocycles. The Morgan fingerprint density at radius 2 is 2.11 bits per heavy atom. The average Bonchev–Trinajstić information content (AvgIpc) is 3.08. The Morgan fingerprint density at radius 3 is 2.68 bits per heavy atom. The minimum atomic E-state index is 0.163. The number of nitrogens with zero attached hydrogens (tertiary/aromatic N) is 1. The normalized spacial score (nSPS) is 16.0. The average molecular weight is 282 g/mol.